The van der Waals surface area contributed by atoms with Crippen LogP contribution in [0.3, 0.4) is 0 Å². The van der Waals surface area contributed by atoms with E-state index in [0.29, 0.717) is 36.5 Å². The lowest BCUT2D eigenvalue weighted by Crippen LogP contribution is -2.37. The number of anilines is 2. The first kappa shape index (κ1) is 26.1. The van der Waals surface area contributed by atoms with E-state index in [2.05, 4.69) is 15.3 Å². The van der Waals surface area contributed by atoms with Crippen LogP contribution in [0.4, 0.5) is 11.5 Å². The SMILES string of the molecule is O=C(O)Cc1c(Cl)nc(Cc2ccc(NC(=O)c3ccc4ccccc4c3)cc2)nc1N1CCC[C@H]1C(=O)O. The Morgan fingerprint density at radius 3 is 2.44 bits per heavy atom. The fourth-order valence-corrected chi connectivity index (χ4v) is 5.06. The molecule has 0 saturated carbocycles. The van der Waals surface area contributed by atoms with Crippen LogP contribution in [0.2, 0.25) is 5.15 Å². The maximum atomic E-state index is 12.8. The Balaban J connectivity index is 1.34. The molecule has 3 aromatic carbocycles. The molecule has 0 unspecified atom stereocenters. The van der Waals surface area contributed by atoms with Gasteiger partial charge in [-0.25, -0.2) is 14.8 Å². The lowest BCUT2D eigenvalue weighted by Gasteiger charge is -2.25. The lowest BCUT2D eigenvalue weighted by molar-refractivity contribution is -0.138. The monoisotopic (exact) mass is 544 g/mol. The molecule has 0 aliphatic carbocycles. The summed E-state index contributed by atoms with van der Waals surface area (Å²) >= 11 is 6.39. The molecule has 9 nitrogen and oxygen atoms in total. The van der Waals surface area contributed by atoms with Crippen molar-refractivity contribution in [2.75, 3.05) is 16.8 Å². The van der Waals surface area contributed by atoms with Crippen molar-refractivity contribution >= 4 is 51.7 Å². The second-order valence-corrected chi connectivity index (χ2v) is 9.74. The van der Waals surface area contributed by atoms with Crippen molar-refractivity contribution in [3.05, 3.63) is 94.4 Å². The number of hydrogen-bond donors (Lipinski definition) is 3. The molecule has 0 radical (unpaired) electrons. The molecule has 5 rings (SSSR count). The van der Waals surface area contributed by atoms with Crippen molar-refractivity contribution < 1.29 is 24.6 Å². The molecular formula is C29H25ClN4O5. The van der Waals surface area contributed by atoms with Gasteiger partial charge >= 0.3 is 11.9 Å². The summed E-state index contributed by atoms with van der Waals surface area (Å²) in [6.07, 6.45) is 0.950. The zero-order valence-corrected chi connectivity index (χ0v) is 21.6. The number of aliphatic carboxylic acids is 2. The third-order valence-corrected chi connectivity index (χ3v) is 7.02. The highest BCUT2D eigenvalue weighted by Gasteiger charge is 2.34. The van der Waals surface area contributed by atoms with Crippen LogP contribution in [0, 0.1) is 0 Å². The second kappa shape index (κ2) is 11.1. The van der Waals surface area contributed by atoms with Crippen molar-refractivity contribution in [2.24, 2.45) is 0 Å². The minimum Gasteiger partial charge on any atom is -0.481 e. The number of hydrogen-bond acceptors (Lipinski definition) is 6. The Morgan fingerprint density at radius 1 is 0.974 bits per heavy atom. The van der Waals surface area contributed by atoms with Crippen LogP contribution in [0.1, 0.15) is 40.2 Å². The number of benzene rings is 3. The van der Waals surface area contributed by atoms with Gasteiger partial charge in [-0.1, -0.05) is 54.1 Å². The van der Waals surface area contributed by atoms with Crippen molar-refractivity contribution in [1.29, 1.82) is 0 Å². The van der Waals surface area contributed by atoms with Gasteiger partial charge in [-0.15, -0.1) is 0 Å². The summed E-state index contributed by atoms with van der Waals surface area (Å²) in [4.78, 5) is 46.5. The Labute approximate surface area is 229 Å². The Hall–Kier alpha value is -4.50. The number of carboxylic acid groups (broad SMARTS) is 2. The number of fused-ring (bicyclic) bond motifs is 1. The fourth-order valence-electron chi connectivity index (χ4n) is 4.81. The van der Waals surface area contributed by atoms with E-state index in [-0.39, 0.29) is 28.9 Å². The van der Waals surface area contributed by atoms with Crippen molar-refractivity contribution in [3.63, 3.8) is 0 Å². The first-order chi connectivity index (χ1) is 18.8. The van der Waals surface area contributed by atoms with Gasteiger partial charge in [0.1, 0.15) is 22.8 Å². The minimum atomic E-state index is -1.11. The third-order valence-electron chi connectivity index (χ3n) is 6.70. The molecule has 0 spiro atoms. The molecule has 1 aromatic heterocycles. The van der Waals surface area contributed by atoms with Gasteiger partial charge in [-0.3, -0.25) is 9.59 Å². The molecule has 4 aromatic rings. The molecule has 1 amide bonds. The van der Waals surface area contributed by atoms with Gasteiger partial charge in [-0.05, 0) is 53.4 Å². The average Bonchev–Trinajstić information content (AvgIpc) is 3.41. The largest absolute Gasteiger partial charge is 0.481 e. The predicted molar refractivity (Wildman–Crippen MR) is 148 cm³/mol. The van der Waals surface area contributed by atoms with Gasteiger partial charge in [0.25, 0.3) is 5.91 Å². The van der Waals surface area contributed by atoms with E-state index in [9.17, 15) is 24.6 Å². The number of aromatic nitrogens is 2. The lowest BCUT2D eigenvalue weighted by atomic mass is 10.1. The molecule has 1 saturated heterocycles. The van der Waals surface area contributed by atoms with Crippen LogP contribution >= 0.6 is 11.6 Å². The number of halogens is 1. The molecule has 1 fully saturated rings. The summed E-state index contributed by atoms with van der Waals surface area (Å²) in [5.74, 6) is -1.74. The molecule has 1 aliphatic heterocycles. The highest BCUT2D eigenvalue weighted by Crippen LogP contribution is 2.31. The standard InChI is InChI=1S/C29H25ClN4O5/c30-26-22(16-25(35)36)27(34-13-3-6-23(34)29(38)39)33-24(32-26)14-17-7-11-21(12-8-17)31-28(37)20-10-9-18-4-1-2-5-19(18)15-20/h1-2,4-5,7-12,15,23H,3,6,13-14,16H2,(H,31,37)(H,35,36)(H,38,39)/t23-/m0/s1. The summed E-state index contributed by atoms with van der Waals surface area (Å²) < 4.78 is 0. The van der Waals surface area contributed by atoms with Crippen LogP contribution in [-0.2, 0) is 22.4 Å². The highest BCUT2D eigenvalue weighted by molar-refractivity contribution is 6.30. The summed E-state index contributed by atoms with van der Waals surface area (Å²) in [6.45, 7) is 0.433. The van der Waals surface area contributed by atoms with E-state index < -0.39 is 24.4 Å². The first-order valence-electron chi connectivity index (χ1n) is 12.4. The Morgan fingerprint density at radius 2 is 1.72 bits per heavy atom. The topological polar surface area (TPSA) is 133 Å². The molecule has 1 aliphatic rings. The number of carbonyl (C=O) groups excluding carboxylic acids is 1. The molecular weight excluding hydrogens is 520 g/mol. The van der Waals surface area contributed by atoms with Gasteiger partial charge in [0.15, 0.2) is 0 Å². The van der Waals surface area contributed by atoms with Gasteiger partial charge < -0.3 is 20.4 Å². The molecule has 39 heavy (non-hydrogen) atoms. The van der Waals surface area contributed by atoms with Crippen molar-refractivity contribution in [1.82, 2.24) is 9.97 Å². The fraction of sp³-hybridized carbons (Fsp3) is 0.207. The van der Waals surface area contributed by atoms with E-state index in [1.165, 1.54) is 0 Å². The zero-order valence-electron chi connectivity index (χ0n) is 20.8. The molecule has 0 bridgehead atoms. The molecule has 3 N–H and O–H groups in total. The van der Waals surface area contributed by atoms with Crippen LogP contribution in [0.5, 0.6) is 0 Å². The van der Waals surface area contributed by atoms with Crippen LogP contribution in [0.25, 0.3) is 10.8 Å². The van der Waals surface area contributed by atoms with E-state index in [1.54, 1.807) is 23.1 Å². The number of rotatable bonds is 8. The molecule has 1 atom stereocenters. The van der Waals surface area contributed by atoms with E-state index in [0.717, 1.165) is 16.3 Å². The molecule has 198 valence electrons. The summed E-state index contributed by atoms with van der Waals surface area (Å²) in [5.41, 5.74) is 2.21. The van der Waals surface area contributed by atoms with Crippen LogP contribution < -0.4 is 10.2 Å². The smallest absolute Gasteiger partial charge is 0.326 e. The number of carbonyl (C=O) groups is 3. The normalized spacial score (nSPS) is 14.9. The van der Waals surface area contributed by atoms with E-state index in [4.69, 9.17) is 11.6 Å². The van der Waals surface area contributed by atoms with Gasteiger partial charge in [0.2, 0.25) is 0 Å². The predicted octanol–water partition coefficient (Wildman–Crippen LogP) is 4.81. The van der Waals surface area contributed by atoms with Crippen LogP contribution in [-0.4, -0.2) is 50.6 Å². The number of nitrogens with one attached hydrogen (secondary N) is 1. The van der Waals surface area contributed by atoms with Gasteiger partial charge in [0, 0.05) is 29.8 Å². The quantitative estimate of drug-likeness (QED) is 0.269. The van der Waals surface area contributed by atoms with Gasteiger partial charge in [0.05, 0.1) is 6.42 Å². The van der Waals surface area contributed by atoms with E-state index >= 15 is 0 Å². The molecule has 10 heteroatoms. The summed E-state index contributed by atoms with van der Waals surface area (Å²) in [5, 5.41) is 23.9. The average molecular weight is 545 g/mol. The summed E-state index contributed by atoms with van der Waals surface area (Å²) in [7, 11) is 0. The number of amides is 1. The maximum Gasteiger partial charge on any atom is 0.326 e. The summed E-state index contributed by atoms with van der Waals surface area (Å²) in [6, 6.07) is 19.8. The first-order valence-corrected chi connectivity index (χ1v) is 12.8. The van der Waals surface area contributed by atoms with Crippen molar-refractivity contribution in [3.8, 4) is 0 Å². The van der Waals surface area contributed by atoms with Crippen LogP contribution in [0.15, 0.2) is 66.7 Å². The zero-order chi connectivity index (χ0) is 27.5. The minimum absolute atomic E-state index is 0.00675. The van der Waals surface area contributed by atoms with Gasteiger partial charge in [-0.2, -0.15) is 0 Å². The Kier molecular flexibility index (Phi) is 7.42. The Bertz CT molecular complexity index is 1570. The number of nitrogens with zero attached hydrogens (tertiary/aromatic N) is 3. The highest BCUT2D eigenvalue weighted by atomic mass is 35.5. The molecule has 2 heterocycles. The van der Waals surface area contributed by atoms with E-state index in [1.807, 2.05) is 48.5 Å². The second-order valence-electron chi connectivity index (χ2n) is 9.38. The number of carboxylic acids is 2. The third kappa shape index (κ3) is 5.83. The maximum absolute atomic E-state index is 12.8. The van der Waals surface area contributed by atoms with Crippen molar-refractivity contribution in [2.45, 2.75) is 31.7 Å².